The maximum absolute atomic E-state index is 12.6. The van der Waals surface area contributed by atoms with Gasteiger partial charge in [0.05, 0.1) is 0 Å². The van der Waals surface area contributed by atoms with E-state index in [9.17, 15) is 4.79 Å². The number of benzene rings is 1. The molecule has 0 saturated heterocycles. The molecule has 3 aliphatic rings. The molecule has 2 fully saturated rings. The van der Waals surface area contributed by atoms with Crippen molar-refractivity contribution >= 4 is 22.4 Å². The summed E-state index contributed by atoms with van der Waals surface area (Å²) < 4.78 is 13.0. The van der Waals surface area contributed by atoms with E-state index in [0.29, 0.717) is 23.5 Å². The molecular formula is C24H38O3Si2. The van der Waals surface area contributed by atoms with Crippen molar-refractivity contribution in [1.82, 2.24) is 0 Å². The highest BCUT2D eigenvalue weighted by Gasteiger charge is 2.54. The molecular weight excluding hydrogens is 392 g/mol. The Bertz CT molecular complexity index is 821. The van der Waals surface area contributed by atoms with Crippen LogP contribution in [-0.4, -0.2) is 22.4 Å². The molecule has 4 unspecified atom stereocenters. The summed E-state index contributed by atoms with van der Waals surface area (Å²) in [5.41, 5.74) is 2.88. The third kappa shape index (κ3) is 3.97. The van der Waals surface area contributed by atoms with Crippen LogP contribution in [0.4, 0.5) is 0 Å². The summed E-state index contributed by atoms with van der Waals surface area (Å²) in [6, 6.07) is 4.63. The molecule has 1 aromatic rings. The zero-order valence-electron chi connectivity index (χ0n) is 19.4. The lowest BCUT2D eigenvalue weighted by atomic mass is 9.55. The van der Waals surface area contributed by atoms with E-state index < -0.39 is 16.6 Å². The molecule has 160 valence electrons. The maximum Gasteiger partial charge on any atom is 0.242 e. The first kappa shape index (κ1) is 21.2. The molecule has 0 aromatic heterocycles. The van der Waals surface area contributed by atoms with Gasteiger partial charge < -0.3 is 8.85 Å². The normalized spacial score (nSPS) is 31.7. The van der Waals surface area contributed by atoms with Crippen LogP contribution in [-0.2, 0) is 11.2 Å². The summed E-state index contributed by atoms with van der Waals surface area (Å²) in [4.78, 5) is 12.6. The van der Waals surface area contributed by atoms with Crippen molar-refractivity contribution in [2.24, 2.45) is 17.3 Å². The largest absolute Gasteiger partial charge is 0.542 e. The van der Waals surface area contributed by atoms with Gasteiger partial charge in [0.2, 0.25) is 16.6 Å². The number of carbonyl (C=O) groups excluding carboxylic acids is 1. The van der Waals surface area contributed by atoms with Crippen molar-refractivity contribution in [3.63, 3.8) is 0 Å². The van der Waals surface area contributed by atoms with Crippen LogP contribution in [0.3, 0.4) is 0 Å². The predicted molar refractivity (Wildman–Crippen MR) is 124 cm³/mol. The van der Waals surface area contributed by atoms with Gasteiger partial charge in [0.25, 0.3) is 0 Å². The fraction of sp³-hybridized carbons (Fsp3) is 0.708. The van der Waals surface area contributed by atoms with Crippen molar-refractivity contribution in [1.29, 1.82) is 0 Å². The molecule has 1 aromatic carbocycles. The third-order valence-corrected chi connectivity index (χ3v) is 9.00. The van der Waals surface area contributed by atoms with Crippen LogP contribution in [0.25, 0.3) is 0 Å². The Morgan fingerprint density at radius 1 is 0.897 bits per heavy atom. The number of carbonyl (C=O) groups is 1. The Labute approximate surface area is 178 Å². The lowest BCUT2D eigenvalue weighted by molar-refractivity contribution is -0.129. The van der Waals surface area contributed by atoms with Gasteiger partial charge in [0.1, 0.15) is 17.3 Å². The van der Waals surface area contributed by atoms with E-state index in [4.69, 9.17) is 8.85 Å². The number of aryl methyl sites for hydroxylation is 1. The van der Waals surface area contributed by atoms with Crippen LogP contribution in [0.1, 0.15) is 56.1 Å². The zero-order valence-corrected chi connectivity index (χ0v) is 21.4. The molecule has 4 rings (SSSR count). The van der Waals surface area contributed by atoms with Crippen molar-refractivity contribution in [2.75, 3.05) is 0 Å². The summed E-state index contributed by atoms with van der Waals surface area (Å²) in [5.74, 6) is 4.24. The molecule has 0 N–H and O–H groups in total. The molecule has 3 aliphatic carbocycles. The first-order valence-electron chi connectivity index (χ1n) is 11.5. The van der Waals surface area contributed by atoms with Crippen molar-refractivity contribution in [2.45, 2.75) is 90.6 Å². The molecule has 0 bridgehead atoms. The van der Waals surface area contributed by atoms with Gasteiger partial charge in [-0.2, -0.15) is 0 Å². The number of fused-ring (bicyclic) bond motifs is 5. The minimum absolute atomic E-state index is 0.0583. The molecule has 0 spiro atoms. The number of Topliss-reactive ketones (excluding diaryl/α,β-unsaturated/α-hetero) is 1. The first-order chi connectivity index (χ1) is 13.4. The SMILES string of the molecule is CC12CCC3c4cc(O[Si](C)(C)C)c(O[Si](C)(C)C)cc4CCC3C1CCC2=O. The molecule has 0 heterocycles. The molecule has 3 nitrogen and oxygen atoms in total. The van der Waals surface area contributed by atoms with Gasteiger partial charge in [0.15, 0.2) is 0 Å². The molecule has 0 radical (unpaired) electrons. The Balaban J connectivity index is 1.72. The molecule has 2 saturated carbocycles. The van der Waals surface area contributed by atoms with Crippen molar-refractivity contribution in [3.05, 3.63) is 23.3 Å². The van der Waals surface area contributed by atoms with Crippen LogP contribution in [0.5, 0.6) is 11.5 Å². The van der Waals surface area contributed by atoms with Gasteiger partial charge in [-0.25, -0.2) is 0 Å². The fourth-order valence-corrected chi connectivity index (χ4v) is 7.81. The molecule has 4 atom stereocenters. The highest BCUT2D eigenvalue weighted by Crippen LogP contribution is 2.60. The van der Waals surface area contributed by atoms with Crippen molar-refractivity contribution in [3.8, 4) is 11.5 Å². The van der Waals surface area contributed by atoms with Gasteiger partial charge in [-0.1, -0.05) is 6.92 Å². The van der Waals surface area contributed by atoms with E-state index in [-0.39, 0.29) is 5.41 Å². The van der Waals surface area contributed by atoms with E-state index in [1.54, 1.807) is 0 Å². The number of rotatable bonds is 4. The fourth-order valence-electron chi connectivity index (χ4n) is 6.17. The molecule has 0 aliphatic heterocycles. The first-order valence-corrected chi connectivity index (χ1v) is 18.3. The highest BCUT2D eigenvalue weighted by atomic mass is 28.4. The standard InChI is InChI=1S/C24H38O3Si2/c1-24-13-12-17-18(20(24)10-11-23(24)25)9-8-16-14-21(26-28(2,3)4)22(15-19(16)17)27-29(5,6)7/h14-15,17-18,20H,8-13H2,1-7H3. The van der Waals surface area contributed by atoms with Gasteiger partial charge in [-0.15, -0.1) is 0 Å². The quantitative estimate of drug-likeness (QED) is 0.509. The number of hydrogen-bond acceptors (Lipinski definition) is 3. The average Bonchev–Trinajstić information content (AvgIpc) is 2.88. The second kappa shape index (κ2) is 6.98. The summed E-state index contributed by atoms with van der Waals surface area (Å²) in [6.07, 6.45) is 6.40. The Hall–Kier alpha value is -1.08. The molecule has 0 amide bonds. The lowest BCUT2D eigenvalue weighted by Gasteiger charge is -2.48. The van der Waals surface area contributed by atoms with Crippen LogP contribution in [0, 0.1) is 17.3 Å². The highest BCUT2D eigenvalue weighted by molar-refractivity contribution is 6.71. The number of ketones is 1. The van der Waals surface area contributed by atoms with E-state index in [0.717, 1.165) is 43.6 Å². The predicted octanol–water partition coefficient (Wildman–Crippen LogP) is 6.54. The monoisotopic (exact) mass is 430 g/mol. The summed E-state index contributed by atoms with van der Waals surface area (Å²) >= 11 is 0. The van der Waals surface area contributed by atoms with Gasteiger partial charge >= 0.3 is 0 Å². The van der Waals surface area contributed by atoms with Crippen LogP contribution >= 0.6 is 0 Å². The molecule has 5 heteroatoms. The summed E-state index contributed by atoms with van der Waals surface area (Å²) in [5, 5.41) is 0. The Morgan fingerprint density at radius 3 is 2.14 bits per heavy atom. The minimum atomic E-state index is -1.75. The van der Waals surface area contributed by atoms with Gasteiger partial charge in [0, 0.05) is 11.8 Å². The van der Waals surface area contributed by atoms with Crippen molar-refractivity contribution < 1.29 is 13.6 Å². The van der Waals surface area contributed by atoms with Crippen LogP contribution < -0.4 is 8.85 Å². The minimum Gasteiger partial charge on any atom is -0.542 e. The number of hydrogen-bond donors (Lipinski definition) is 0. The second-order valence-electron chi connectivity index (χ2n) is 11.8. The summed E-state index contributed by atoms with van der Waals surface area (Å²) in [6.45, 7) is 15.7. The smallest absolute Gasteiger partial charge is 0.242 e. The van der Waals surface area contributed by atoms with E-state index >= 15 is 0 Å². The second-order valence-corrected chi connectivity index (χ2v) is 20.6. The van der Waals surface area contributed by atoms with E-state index in [2.05, 4.69) is 58.3 Å². The van der Waals surface area contributed by atoms with E-state index in [1.807, 2.05) is 0 Å². The summed E-state index contributed by atoms with van der Waals surface area (Å²) in [7, 11) is -3.47. The van der Waals surface area contributed by atoms with Crippen LogP contribution in [0.15, 0.2) is 12.1 Å². The van der Waals surface area contributed by atoms with Gasteiger partial charge in [-0.05, 0) is 112 Å². The average molecular weight is 431 g/mol. The maximum atomic E-state index is 12.6. The van der Waals surface area contributed by atoms with Crippen LogP contribution in [0.2, 0.25) is 39.3 Å². The lowest BCUT2D eigenvalue weighted by Crippen LogP contribution is -2.42. The molecule has 29 heavy (non-hydrogen) atoms. The zero-order chi connectivity index (χ0) is 21.2. The Morgan fingerprint density at radius 2 is 1.52 bits per heavy atom. The van der Waals surface area contributed by atoms with Gasteiger partial charge in [-0.3, -0.25) is 4.79 Å². The topological polar surface area (TPSA) is 35.5 Å². The third-order valence-electron chi connectivity index (χ3n) is 7.33. The van der Waals surface area contributed by atoms with E-state index in [1.165, 1.54) is 17.5 Å². The Kier molecular flexibility index (Phi) is 5.09.